The van der Waals surface area contributed by atoms with Gasteiger partial charge in [-0.3, -0.25) is 9.78 Å². The molecule has 0 amide bonds. The molecule has 0 fully saturated rings. The average Bonchev–Trinajstić information content (AvgIpc) is 2.63. The van der Waals surface area contributed by atoms with Gasteiger partial charge in [0.15, 0.2) is 5.58 Å². The molecule has 90 valence electrons. The van der Waals surface area contributed by atoms with Crippen molar-refractivity contribution >= 4 is 17.1 Å². The van der Waals surface area contributed by atoms with Crippen molar-refractivity contribution < 1.29 is 14.3 Å². The van der Waals surface area contributed by atoms with Gasteiger partial charge in [0.1, 0.15) is 0 Å². The van der Waals surface area contributed by atoms with Crippen LogP contribution in [-0.2, 0) is 11.3 Å². The number of benzene rings is 1. The maximum absolute atomic E-state index is 10.9. The third-order valence-electron chi connectivity index (χ3n) is 2.33. The summed E-state index contributed by atoms with van der Waals surface area (Å²) in [6, 6.07) is 5.36. The molecule has 1 heterocycles. The van der Waals surface area contributed by atoms with Gasteiger partial charge in [-0.25, -0.2) is 4.79 Å². The fraction of sp³-hybridized carbons (Fsp3) is 0.273. The normalized spacial score (nSPS) is 10.8. The molecule has 0 bridgehead atoms. The molecule has 0 saturated heterocycles. The summed E-state index contributed by atoms with van der Waals surface area (Å²) in [5.41, 5.74) is 2.10. The molecule has 0 spiro atoms. The van der Waals surface area contributed by atoms with Crippen LogP contribution < -0.4 is 11.1 Å². The fourth-order valence-electron chi connectivity index (χ4n) is 1.53. The summed E-state index contributed by atoms with van der Waals surface area (Å²) in [5.74, 6) is -1.31. The quantitative estimate of drug-likeness (QED) is 0.664. The summed E-state index contributed by atoms with van der Waals surface area (Å²) in [7, 11) is 0. The first kappa shape index (κ1) is 11.4. The van der Waals surface area contributed by atoms with E-state index >= 15 is 0 Å². The predicted octanol–water partition coefficient (Wildman–Crippen LogP) is 0.685. The first-order valence-electron chi connectivity index (χ1n) is 5.19. The number of hydrogen-bond acceptors (Lipinski definition) is 4. The first-order valence-corrected chi connectivity index (χ1v) is 5.19. The fourth-order valence-corrected chi connectivity index (χ4v) is 1.53. The number of hydrogen-bond donors (Lipinski definition) is 3. The maximum Gasteiger partial charge on any atom is 0.417 e. The van der Waals surface area contributed by atoms with Crippen LogP contribution in [0.4, 0.5) is 0 Å². The number of rotatable bonds is 5. The Bertz CT molecular complexity index is 584. The highest BCUT2D eigenvalue weighted by Crippen LogP contribution is 2.11. The van der Waals surface area contributed by atoms with Gasteiger partial charge in [0.05, 0.1) is 11.9 Å². The van der Waals surface area contributed by atoms with E-state index in [4.69, 9.17) is 9.52 Å². The second kappa shape index (κ2) is 4.84. The Hall–Kier alpha value is -2.08. The van der Waals surface area contributed by atoms with Crippen LogP contribution in [0.15, 0.2) is 27.4 Å². The minimum atomic E-state index is -0.829. The van der Waals surface area contributed by atoms with Crippen LogP contribution in [0, 0.1) is 0 Å². The van der Waals surface area contributed by atoms with E-state index in [1.807, 2.05) is 6.07 Å². The van der Waals surface area contributed by atoms with Crippen LogP contribution in [0.25, 0.3) is 11.1 Å². The Morgan fingerprint density at radius 3 is 3.06 bits per heavy atom. The molecule has 0 aliphatic carbocycles. The SMILES string of the molecule is O=C(O)CCNCc1ccc2[nH]c(=O)oc2c1. The highest BCUT2D eigenvalue weighted by molar-refractivity contribution is 5.72. The zero-order valence-corrected chi connectivity index (χ0v) is 9.03. The number of carbonyl (C=O) groups is 1. The molecule has 0 atom stereocenters. The van der Waals surface area contributed by atoms with E-state index < -0.39 is 11.7 Å². The van der Waals surface area contributed by atoms with E-state index in [-0.39, 0.29) is 6.42 Å². The van der Waals surface area contributed by atoms with Crippen LogP contribution in [0.2, 0.25) is 0 Å². The molecule has 0 aliphatic heterocycles. The van der Waals surface area contributed by atoms with Gasteiger partial charge in [-0.15, -0.1) is 0 Å². The van der Waals surface area contributed by atoms with Crippen molar-refractivity contribution in [2.24, 2.45) is 0 Å². The zero-order chi connectivity index (χ0) is 12.3. The summed E-state index contributed by atoms with van der Waals surface area (Å²) in [6.45, 7) is 0.947. The number of H-pyrrole nitrogens is 1. The number of aliphatic carboxylic acids is 1. The Morgan fingerprint density at radius 2 is 2.29 bits per heavy atom. The highest BCUT2D eigenvalue weighted by Gasteiger charge is 2.02. The van der Waals surface area contributed by atoms with Crippen molar-refractivity contribution in [3.8, 4) is 0 Å². The minimum absolute atomic E-state index is 0.0848. The van der Waals surface area contributed by atoms with Crippen LogP contribution in [0.1, 0.15) is 12.0 Å². The van der Waals surface area contributed by atoms with E-state index in [9.17, 15) is 9.59 Å². The summed E-state index contributed by atoms with van der Waals surface area (Å²) in [4.78, 5) is 23.8. The minimum Gasteiger partial charge on any atom is -0.481 e. The highest BCUT2D eigenvalue weighted by atomic mass is 16.4. The molecule has 0 saturated carbocycles. The molecule has 6 nitrogen and oxygen atoms in total. The molecule has 17 heavy (non-hydrogen) atoms. The molecule has 2 aromatic rings. The molecule has 2 rings (SSSR count). The van der Waals surface area contributed by atoms with Crippen molar-refractivity contribution in [2.75, 3.05) is 6.54 Å². The van der Waals surface area contributed by atoms with E-state index in [1.165, 1.54) is 0 Å². The van der Waals surface area contributed by atoms with Gasteiger partial charge in [0.25, 0.3) is 0 Å². The summed E-state index contributed by atoms with van der Waals surface area (Å²) >= 11 is 0. The Balaban J connectivity index is 1.99. The predicted molar refractivity (Wildman–Crippen MR) is 60.8 cm³/mol. The second-order valence-corrected chi connectivity index (χ2v) is 3.67. The number of carboxylic acids is 1. The summed E-state index contributed by atoms with van der Waals surface area (Å²) in [5, 5.41) is 11.5. The van der Waals surface area contributed by atoms with Gasteiger partial charge in [-0.1, -0.05) is 6.07 Å². The molecule has 1 aromatic carbocycles. The lowest BCUT2D eigenvalue weighted by Crippen LogP contribution is -2.17. The second-order valence-electron chi connectivity index (χ2n) is 3.67. The van der Waals surface area contributed by atoms with Crippen LogP contribution >= 0.6 is 0 Å². The van der Waals surface area contributed by atoms with Gasteiger partial charge in [0, 0.05) is 13.1 Å². The Kier molecular flexibility index (Phi) is 3.24. The van der Waals surface area contributed by atoms with Crippen molar-refractivity contribution in [1.82, 2.24) is 10.3 Å². The van der Waals surface area contributed by atoms with E-state index in [2.05, 4.69) is 10.3 Å². The number of fused-ring (bicyclic) bond motifs is 1. The third-order valence-corrected chi connectivity index (χ3v) is 2.33. The average molecular weight is 236 g/mol. The van der Waals surface area contributed by atoms with Gasteiger partial charge < -0.3 is 14.8 Å². The van der Waals surface area contributed by atoms with E-state index in [0.29, 0.717) is 24.2 Å². The topological polar surface area (TPSA) is 95.3 Å². The number of oxazole rings is 1. The number of nitrogens with one attached hydrogen (secondary N) is 2. The van der Waals surface area contributed by atoms with Crippen LogP contribution in [-0.4, -0.2) is 22.6 Å². The monoisotopic (exact) mass is 236 g/mol. The summed E-state index contributed by atoms with van der Waals surface area (Å²) < 4.78 is 4.92. The van der Waals surface area contributed by atoms with Crippen molar-refractivity contribution in [2.45, 2.75) is 13.0 Å². The van der Waals surface area contributed by atoms with Crippen molar-refractivity contribution in [1.29, 1.82) is 0 Å². The van der Waals surface area contributed by atoms with Crippen LogP contribution in [0.3, 0.4) is 0 Å². The molecule has 1 aromatic heterocycles. The molecule has 3 N–H and O–H groups in total. The van der Waals surface area contributed by atoms with Gasteiger partial charge in [-0.05, 0) is 17.7 Å². The van der Waals surface area contributed by atoms with Gasteiger partial charge >= 0.3 is 11.7 Å². The molecule has 6 heteroatoms. The first-order chi connectivity index (χ1) is 8.15. The van der Waals surface area contributed by atoms with Gasteiger partial charge in [0.2, 0.25) is 0 Å². The van der Waals surface area contributed by atoms with Crippen LogP contribution in [0.5, 0.6) is 0 Å². The zero-order valence-electron chi connectivity index (χ0n) is 9.03. The Morgan fingerprint density at radius 1 is 1.47 bits per heavy atom. The lowest BCUT2D eigenvalue weighted by atomic mass is 10.2. The van der Waals surface area contributed by atoms with Crippen molar-refractivity contribution in [3.63, 3.8) is 0 Å². The molecular formula is C11H12N2O4. The Labute approximate surface area is 96.3 Å². The lowest BCUT2D eigenvalue weighted by Gasteiger charge is -2.02. The third kappa shape index (κ3) is 2.94. The standard InChI is InChI=1S/C11H12N2O4/c14-10(15)3-4-12-6-7-1-2-8-9(5-7)17-11(16)13-8/h1-2,5,12H,3-4,6H2,(H,13,16)(H,14,15). The van der Waals surface area contributed by atoms with Crippen molar-refractivity contribution in [3.05, 3.63) is 34.3 Å². The number of aromatic nitrogens is 1. The number of aromatic amines is 1. The molecule has 0 radical (unpaired) electrons. The lowest BCUT2D eigenvalue weighted by molar-refractivity contribution is -0.136. The molecular weight excluding hydrogens is 224 g/mol. The molecule has 0 unspecified atom stereocenters. The number of carboxylic acid groups (broad SMARTS) is 1. The maximum atomic E-state index is 10.9. The van der Waals surface area contributed by atoms with E-state index in [1.54, 1.807) is 12.1 Å². The summed E-state index contributed by atoms with van der Waals surface area (Å²) in [6.07, 6.45) is 0.0848. The smallest absolute Gasteiger partial charge is 0.417 e. The molecule has 0 aliphatic rings. The van der Waals surface area contributed by atoms with E-state index in [0.717, 1.165) is 5.56 Å². The van der Waals surface area contributed by atoms with Gasteiger partial charge in [-0.2, -0.15) is 0 Å². The largest absolute Gasteiger partial charge is 0.481 e.